The van der Waals surface area contributed by atoms with Gasteiger partial charge in [0, 0.05) is 92.5 Å². The first-order valence-electron chi connectivity index (χ1n) is 13.9. The van der Waals surface area contributed by atoms with Crippen molar-refractivity contribution in [2.45, 2.75) is 0 Å². The largest absolute Gasteiger partial charge is 0.496 e. The number of methoxy groups -OCH3 is 1. The molecule has 0 unspecified atom stereocenters. The topological polar surface area (TPSA) is 99.9 Å². The molecule has 2 aliphatic rings. The summed E-state index contributed by atoms with van der Waals surface area (Å²) in [6.45, 7) is 8.85. The van der Waals surface area contributed by atoms with Gasteiger partial charge in [-0.2, -0.15) is 0 Å². The molecule has 1 amide bonds. The van der Waals surface area contributed by atoms with Crippen LogP contribution in [0.25, 0.3) is 33.3 Å². The van der Waals surface area contributed by atoms with Crippen LogP contribution in [0, 0.1) is 0 Å². The van der Waals surface area contributed by atoms with E-state index >= 15 is 0 Å². The molecule has 4 heterocycles. The number of carbonyl (C=O) groups excluding carboxylic acids is 1. The summed E-state index contributed by atoms with van der Waals surface area (Å²) in [6.07, 6.45) is 3.79. The van der Waals surface area contributed by atoms with Crippen LogP contribution >= 0.6 is 0 Å². The third kappa shape index (κ3) is 5.40. The Labute approximate surface area is 234 Å². The number of pyridine rings is 1. The molecule has 3 N–H and O–H groups in total. The van der Waals surface area contributed by atoms with Crippen LogP contribution in [-0.2, 0) is 4.74 Å². The summed E-state index contributed by atoms with van der Waals surface area (Å²) < 4.78 is 11.0. The fraction of sp³-hybridized carbons (Fsp3) is 0.355. The average Bonchev–Trinajstić information content (AvgIpc) is 3.44. The first kappa shape index (κ1) is 26.3. The van der Waals surface area contributed by atoms with Gasteiger partial charge in [-0.3, -0.25) is 14.6 Å². The van der Waals surface area contributed by atoms with E-state index in [4.69, 9.17) is 15.2 Å². The maximum absolute atomic E-state index is 13.6. The summed E-state index contributed by atoms with van der Waals surface area (Å²) in [5, 5.41) is 0.986. The molecule has 4 aromatic rings. The Balaban J connectivity index is 1.18. The Bertz CT molecular complexity index is 1490. The minimum absolute atomic E-state index is 0.0161. The third-order valence-electron chi connectivity index (χ3n) is 8.04. The molecule has 9 heteroatoms. The Morgan fingerprint density at radius 2 is 1.70 bits per heavy atom. The van der Waals surface area contributed by atoms with E-state index in [1.807, 2.05) is 59.8 Å². The van der Waals surface area contributed by atoms with Crippen molar-refractivity contribution in [3.63, 3.8) is 0 Å². The first-order valence-corrected chi connectivity index (χ1v) is 13.9. The summed E-state index contributed by atoms with van der Waals surface area (Å²) in [5.41, 5.74) is 12.0. The molecular weight excluding hydrogens is 504 g/mol. The zero-order valence-electron chi connectivity index (χ0n) is 22.9. The molecule has 40 heavy (non-hydrogen) atoms. The SMILES string of the molecule is COc1ccccc1-c1c[nH]c2ncc(-c3ccc(N)c(C(=O)N4CCN(CCN5CCOCC5)CC4)c3)cc12. The van der Waals surface area contributed by atoms with Crippen LogP contribution in [-0.4, -0.2) is 103 Å². The molecule has 2 saturated heterocycles. The number of ether oxygens (including phenoxy) is 2. The number of aromatic nitrogens is 2. The summed E-state index contributed by atoms with van der Waals surface area (Å²) in [6, 6.07) is 15.7. The number of aromatic amines is 1. The van der Waals surface area contributed by atoms with E-state index in [0.29, 0.717) is 24.3 Å². The van der Waals surface area contributed by atoms with Crippen LogP contribution in [0.5, 0.6) is 5.75 Å². The molecule has 2 aromatic carbocycles. The van der Waals surface area contributed by atoms with Gasteiger partial charge in [0.2, 0.25) is 0 Å². The maximum atomic E-state index is 13.6. The molecule has 0 saturated carbocycles. The van der Waals surface area contributed by atoms with E-state index in [9.17, 15) is 4.79 Å². The lowest BCUT2D eigenvalue weighted by molar-refractivity contribution is 0.0293. The molecule has 2 aliphatic heterocycles. The van der Waals surface area contributed by atoms with Gasteiger partial charge in [-0.05, 0) is 29.8 Å². The van der Waals surface area contributed by atoms with E-state index in [-0.39, 0.29) is 5.91 Å². The molecule has 6 rings (SSSR count). The Kier molecular flexibility index (Phi) is 7.68. The van der Waals surface area contributed by atoms with E-state index in [1.54, 1.807) is 7.11 Å². The minimum atomic E-state index is -0.0161. The molecule has 0 radical (unpaired) electrons. The van der Waals surface area contributed by atoms with Crippen molar-refractivity contribution in [1.29, 1.82) is 0 Å². The lowest BCUT2D eigenvalue weighted by Gasteiger charge is -2.36. The van der Waals surface area contributed by atoms with Gasteiger partial charge in [0.1, 0.15) is 11.4 Å². The van der Waals surface area contributed by atoms with Gasteiger partial charge in [0.05, 0.1) is 25.9 Å². The molecule has 0 spiro atoms. The molecule has 9 nitrogen and oxygen atoms in total. The second kappa shape index (κ2) is 11.7. The number of amides is 1. The molecule has 0 atom stereocenters. The Hall–Kier alpha value is -3.92. The number of benzene rings is 2. The van der Waals surface area contributed by atoms with Crippen molar-refractivity contribution in [2.75, 3.05) is 78.4 Å². The number of rotatable bonds is 7. The number of nitrogens with zero attached hydrogens (tertiary/aromatic N) is 4. The van der Waals surface area contributed by atoms with E-state index < -0.39 is 0 Å². The van der Waals surface area contributed by atoms with Crippen molar-refractivity contribution in [3.8, 4) is 28.0 Å². The number of fused-ring (bicyclic) bond motifs is 1. The van der Waals surface area contributed by atoms with Crippen molar-refractivity contribution in [1.82, 2.24) is 24.7 Å². The predicted molar refractivity (Wildman–Crippen MR) is 158 cm³/mol. The number of carbonyl (C=O) groups is 1. The minimum Gasteiger partial charge on any atom is -0.496 e. The van der Waals surface area contributed by atoms with Gasteiger partial charge >= 0.3 is 0 Å². The molecule has 208 valence electrons. The number of morpholine rings is 1. The van der Waals surface area contributed by atoms with Crippen molar-refractivity contribution >= 4 is 22.6 Å². The van der Waals surface area contributed by atoms with Crippen LogP contribution < -0.4 is 10.5 Å². The zero-order valence-corrected chi connectivity index (χ0v) is 22.9. The van der Waals surface area contributed by atoms with Gasteiger partial charge in [-0.1, -0.05) is 24.3 Å². The Morgan fingerprint density at radius 3 is 2.48 bits per heavy atom. The molecule has 0 bridgehead atoms. The summed E-state index contributed by atoms with van der Waals surface area (Å²) in [4.78, 5) is 28.3. The standard InChI is InChI=1S/C31H36N6O3/c1-39-29-5-3-2-4-24(29)27-21-34-30-25(27)19-23(20-33-30)22-6-7-28(32)26(18-22)31(38)37-12-10-35(11-13-37)8-9-36-14-16-40-17-15-36/h2-7,18-21H,8-17,32H2,1H3,(H,33,34). The van der Waals surface area contributed by atoms with Gasteiger partial charge < -0.3 is 25.1 Å². The number of nitrogens with one attached hydrogen (secondary N) is 1. The van der Waals surface area contributed by atoms with E-state index in [0.717, 1.165) is 91.5 Å². The van der Waals surface area contributed by atoms with Crippen LogP contribution in [0.4, 0.5) is 5.69 Å². The number of hydrogen-bond donors (Lipinski definition) is 2. The normalized spacial score (nSPS) is 16.9. The van der Waals surface area contributed by atoms with Crippen LogP contribution in [0.2, 0.25) is 0 Å². The lowest BCUT2D eigenvalue weighted by atomic mass is 9.99. The van der Waals surface area contributed by atoms with Gasteiger partial charge in [0.15, 0.2) is 0 Å². The Morgan fingerprint density at radius 1 is 0.950 bits per heavy atom. The highest BCUT2D eigenvalue weighted by Crippen LogP contribution is 2.36. The lowest BCUT2D eigenvalue weighted by Crippen LogP contribution is -2.51. The monoisotopic (exact) mass is 540 g/mol. The van der Waals surface area contributed by atoms with Crippen LogP contribution in [0.3, 0.4) is 0 Å². The number of anilines is 1. The van der Waals surface area contributed by atoms with Crippen LogP contribution in [0.15, 0.2) is 60.9 Å². The van der Waals surface area contributed by atoms with Gasteiger partial charge in [-0.15, -0.1) is 0 Å². The summed E-state index contributed by atoms with van der Waals surface area (Å²) in [7, 11) is 1.68. The molecular formula is C31H36N6O3. The summed E-state index contributed by atoms with van der Waals surface area (Å²) in [5.74, 6) is 0.785. The predicted octanol–water partition coefficient (Wildman–Crippen LogP) is 3.58. The first-order chi connectivity index (χ1) is 19.6. The summed E-state index contributed by atoms with van der Waals surface area (Å²) >= 11 is 0. The smallest absolute Gasteiger partial charge is 0.256 e. The van der Waals surface area contributed by atoms with E-state index in [1.165, 1.54) is 0 Å². The fourth-order valence-electron chi connectivity index (χ4n) is 5.62. The molecule has 0 aliphatic carbocycles. The van der Waals surface area contributed by atoms with Crippen molar-refractivity contribution < 1.29 is 14.3 Å². The number of nitrogens with two attached hydrogens (primary N) is 1. The molecule has 2 aromatic heterocycles. The highest BCUT2D eigenvalue weighted by Gasteiger charge is 2.24. The van der Waals surface area contributed by atoms with E-state index in [2.05, 4.69) is 25.8 Å². The second-order valence-corrected chi connectivity index (χ2v) is 10.4. The maximum Gasteiger partial charge on any atom is 0.256 e. The number of para-hydroxylation sites is 1. The third-order valence-corrected chi connectivity index (χ3v) is 8.04. The fourth-order valence-corrected chi connectivity index (χ4v) is 5.62. The highest BCUT2D eigenvalue weighted by atomic mass is 16.5. The number of hydrogen-bond acceptors (Lipinski definition) is 7. The van der Waals surface area contributed by atoms with Crippen LogP contribution in [0.1, 0.15) is 10.4 Å². The van der Waals surface area contributed by atoms with Gasteiger partial charge in [-0.25, -0.2) is 4.98 Å². The number of nitrogen functional groups attached to an aromatic ring is 1. The van der Waals surface area contributed by atoms with Crippen molar-refractivity contribution in [2.24, 2.45) is 0 Å². The quantitative estimate of drug-likeness (QED) is 0.346. The molecule has 2 fully saturated rings. The van der Waals surface area contributed by atoms with Gasteiger partial charge in [0.25, 0.3) is 5.91 Å². The highest BCUT2D eigenvalue weighted by molar-refractivity contribution is 6.01. The zero-order chi connectivity index (χ0) is 27.5. The average molecular weight is 541 g/mol. The number of H-pyrrole nitrogens is 1. The van der Waals surface area contributed by atoms with Crippen molar-refractivity contribution in [3.05, 3.63) is 66.5 Å². The number of piperazine rings is 1. The second-order valence-electron chi connectivity index (χ2n) is 10.4.